The number of alkyl halides is 3. The second-order valence-electron chi connectivity index (χ2n) is 7.59. The summed E-state index contributed by atoms with van der Waals surface area (Å²) in [6.07, 6.45) is -1.80. The molecule has 32 heavy (non-hydrogen) atoms. The second-order valence-corrected chi connectivity index (χ2v) is 7.59. The molecular weight excluding hydrogens is 419 g/mol. The van der Waals surface area contributed by atoms with Gasteiger partial charge in [-0.3, -0.25) is 14.8 Å². The van der Waals surface area contributed by atoms with Crippen molar-refractivity contribution in [2.45, 2.75) is 19.2 Å². The Bertz CT molecular complexity index is 1440. The Morgan fingerprint density at radius 3 is 2.69 bits per heavy atom. The van der Waals surface area contributed by atoms with Gasteiger partial charge in [-0.05, 0) is 42.8 Å². The largest absolute Gasteiger partial charge is 0.476 e. The summed E-state index contributed by atoms with van der Waals surface area (Å²) in [6, 6.07) is 11.3. The fraction of sp³-hybridized carbons (Fsp3) is 0.174. The molecule has 2 aromatic carbocycles. The number of halogens is 3. The van der Waals surface area contributed by atoms with Gasteiger partial charge in [0.15, 0.2) is 0 Å². The average molecular weight is 437 g/mol. The minimum atomic E-state index is -4.63. The summed E-state index contributed by atoms with van der Waals surface area (Å²) in [5.74, 6) is 0.0895. The average Bonchev–Trinajstić information content (AvgIpc) is 3.37. The fourth-order valence-electron chi connectivity index (χ4n) is 3.89. The van der Waals surface area contributed by atoms with E-state index in [0.29, 0.717) is 33.1 Å². The van der Waals surface area contributed by atoms with Gasteiger partial charge >= 0.3 is 6.18 Å². The first kappa shape index (κ1) is 20.0. The smallest absolute Gasteiger partial charge is 0.429 e. The third-order valence-corrected chi connectivity index (χ3v) is 5.37. The molecular formula is C23H18F3N5O. The zero-order valence-electron chi connectivity index (χ0n) is 17.2. The van der Waals surface area contributed by atoms with Gasteiger partial charge in [0.2, 0.25) is 6.10 Å². The number of aromatic amines is 1. The summed E-state index contributed by atoms with van der Waals surface area (Å²) < 4.78 is 49.9. The van der Waals surface area contributed by atoms with Crippen LogP contribution in [0, 0.1) is 6.92 Å². The highest BCUT2D eigenvalue weighted by Crippen LogP contribution is 2.41. The minimum absolute atomic E-state index is 0.0582. The summed E-state index contributed by atoms with van der Waals surface area (Å²) in [7, 11) is 1.78. The minimum Gasteiger partial charge on any atom is -0.476 e. The maximum atomic E-state index is 14.2. The molecule has 1 unspecified atom stereocenters. The molecule has 5 aromatic rings. The monoisotopic (exact) mass is 437 g/mol. The van der Waals surface area contributed by atoms with Gasteiger partial charge < -0.3 is 4.74 Å². The Morgan fingerprint density at radius 2 is 1.94 bits per heavy atom. The van der Waals surface area contributed by atoms with E-state index in [1.54, 1.807) is 73.6 Å². The molecule has 0 spiro atoms. The number of aryl methyl sites for hydroxylation is 2. The molecule has 0 fully saturated rings. The highest BCUT2D eigenvalue weighted by molar-refractivity contribution is 5.93. The molecule has 0 aliphatic heterocycles. The van der Waals surface area contributed by atoms with E-state index >= 15 is 0 Å². The summed E-state index contributed by atoms with van der Waals surface area (Å²) in [4.78, 5) is 4.19. The zero-order chi connectivity index (χ0) is 22.5. The molecule has 162 valence electrons. The summed E-state index contributed by atoms with van der Waals surface area (Å²) in [5, 5.41) is 12.4. The number of nitrogens with one attached hydrogen (secondary N) is 1. The van der Waals surface area contributed by atoms with E-state index < -0.39 is 12.3 Å². The van der Waals surface area contributed by atoms with Gasteiger partial charge in [0.25, 0.3) is 0 Å². The normalized spacial score (nSPS) is 13.0. The van der Waals surface area contributed by atoms with E-state index in [1.807, 2.05) is 0 Å². The van der Waals surface area contributed by atoms with Crippen molar-refractivity contribution in [1.82, 2.24) is 25.0 Å². The van der Waals surface area contributed by atoms with Crippen molar-refractivity contribution in [1.29, 1.82) is 0 Å². The highest BCUT2D eigenvalue weighted by Gasteiger charge is 2.44. The van der Waals surface area contributed by atoms with E-state index in [0.717, 1.165) is 5.56 Å². The van der Waals surface area contributed by atoms with Gasteiger partial charge in [-0.15, -0.1) is 0 Å². The standard InChI is InChI=1S/C23H18F3N5O/c1-13-5-7-18-16(4-3-9-27-18)20(13)22(23(24,25)26)32-15-6-8-19-17(10-15)21(30-29-19)14-11-28-31(2)12-14/h3-12,22H,1-2H3,(H,29,30). The number of ether oxygens (including phenoxy) is 1. The molecule has 0 aliphatic rings. The Morgan fingerprint density at radius 1 is 1.09 bits per heavy atom. The molecule has 0 radical (unpaired) electrons. The van der Waals surface area contributed by atoms with Crippen molar-refractivity contribution in [3.63, 3.8) is 0 Å². The molecule has 0 saturated heterocycles. The number of hydrogen-bond acceptors (Lipinski definition) is 4. The maximum absolute atomic E-state index is 14.2. The first-order chi connectivity index (χ1) is 15.3. The lowest BCUT2D eigenvalue weighted by Crippen LogP contribution is -2.27. The number of H-pyrrole nitrogens is 1. The van der Waals surface area contributed by atoms with Crippen molar-refractivity contribution in [3.8, 4) is 17.0 Å². The van der Waals surface area contributed by atoms with Crippen molar-refractivity contribution < 1.29 is 17.9 Å². The SMILES string of the molecule is Cc1ccc2ncccc2c1C(Oc1ccc2[nH]nc(-c3cnn(C)c3)c2c1)C(F)(F)F. The molecule has 0 bridgehead atoms. The Labute approximate surface area is 180 Å². The van der Waals surface area contributed by atoms with Gasteiger partial charge in [-0.1, -0.05) is 12.1 Å². The molecule has 9 heteroatoms. The zero-order valence-corrected chi connectivity index (χ0v) is 17.2. The molecule has 1 atom stereocenters. The van der Waals surface area contributed by atoms with Crippen LogP contribution in [0.1, 0.15) is 17.2 Å². The molecule has 1 N–H and O–H groups in total. The molecule has 3 heterocycles. The topological polar surface area (TPSA) is 68.6 Å². The van der Waals surface area contributed by atoms with E-state index in [-0.39, 0.29) is 11.3 Å². The van der Waals surface area contributed by atoms with Crippen LogP contribution in [0.4, 0.5) is 13.2 Å². The lowest BCUT2D eigenvalue weighted by molar-refractivity contribution is -0.197. The number of pyridine rings is 1. The van der Waals surface area contributed by atoms with Gasteiger partial charge in [0, 0.05) is 41.3 Å². The number of benzene rings is 2. The maximum Gasteiger partial charge on any atom is 0.429 e. The fourth-order valence-corrected chi connectivity index (χ4v) is 3.89. The third kappa shape index (κ3) is 3.45. The Balaban J connectivity index is 1.61. The quantitative estimate of drug-likeness (QED) is 0.403. The highest BCUT2D eigenvalue weighted by atomic mass is 19.4. The number of nitrogens with zero attached hydrogens (tertiary/aromatic N) is 4. The molecule has 5 rings (SSSR count). The van der Waals surface area contributed by atoms with Crippen LogP contribution in [0.15, 0.2) is 61.1 Å². The van der Waals surface area contributed by atoms with Gasteiger partial charge in [-0.2, -0.15) is 23.4 Å². The summed E-state index contributed by atoms with van der Waals surface area (Å²) in [6.45, 7) is 1.64. The predicted octanol–water partition coefficient (Wildman–Crippen LogP) is 5.50. The molecule has 3 aromatic heterocycles. The number of aromatic nitrogens is 5. The van der Waals surface area contributed by atoms with E-state index in [9.17, 15) is 13.2 Å². The van der Waals surface area contributed by atoms with Gasteiger partial charge in [-0.25, -0.2) is 0 Å². The summed E-state index contributed by atoms with van der Waals surface area (Å²) in [5.41, 5.74) is 3.04. The number of fused-ring (bicyclic) bond motifs is 2. The van der Waals surface area contributed by atoms with Crippen LogP contribution in [-0.4, -0.2) is 31.1 Å². The van der Waals surface area contributed by atoms with Crippen LogP contribution < -0.4 is 4.74 Å². The van der Waals surface area contributed by atoms with Crippen LogP contribution in [0.25, 0.3) is 33.1 Å². The molecule has 6 nitrogen and oxygen atoms in total. The van der Waals surface area contributed by atoms with Gasteiger partial charge in [0.05, 0.1) is 17.2 Å². The van der Waals surface area contributed by atoms with Crippen LogP contribution in [0.3, 0.4) is 0 Å². The van der Waals surface area contributed by atoms with Crippen LogP contribution in [0.5, 0.6) is 5.75 Å². The molecule has 0 saturated carbocycles. The number of rotatable bonds is 4. The lowest BCUT2D eigenvalue weighted by Gasteiger charge is -2.25. The van der Waals surface area contributed by atoms with Crippen LogP contribution in [0.2, 0.25) is 0 Å². The molecule has 0 aliphatic carbocycles. The van der Waals surface area contributed by atoms with Crippen LogP contribution >= 0.6 is 0 Å². The van der Waals surface area contributed by atoms with Gasteiger partial charge in [0.1, 0.15) is 11.4 Å². The molecule has 0 amide bonds. The third-order valence-electron chi connectivity index (χ3n) is 5.37. The number of hydrogen-bond donors (Lipinski definition) is 1. The Hall–Kier alpha value is -3.88. The van der Waals surface area contributed by atoms with E-state index in [4.69, 9.17) is 4.74 Å². The Kier molecular flexibility index (Phi) is 4.61. The van der Waals surface area contributed by atoms with E-state index in [2.05, 4.69) is 20.3 Å². The lowest BCUT2D eigenvalue weighted by atomic mass is 9.97. The first-order valence-electron chi connectivity index (χ1n) is 9.86. The van der Waals surface area contributed by atoms with Crippen molar-refractivity contribution >= 4 is 21.8 Å². The van der Waals surface area contributed by atoms with Crippen molar-refractivity contribution in [3.05, 3.63) is 72.2 Å². The summed E-state index contributed by atoms with van der Waals surface area (Å²) >= 11 is 0. The van der Waals surface area contributed by atoms with Crippen LogP contribution in [-0.2, 0) is 7.05 Å². The van der Waals surface area contributed by atoms with Crippen molar-refractivity contribution in [2.75, 3.05) is 0 Å². The van der Waals surface area contributed by atoms with E-state index in [1.165, 1.54) is 6.07 Å². The second kappa shape index (κ2) is 7.37. The predicted molar refractivity (Wildman–Crippen MR) is 114 cm³/mol. The first-order valence-corrected chi connectivity index (χ1v) is 9.86. The van der Waals surface area contributed by atoms with Crippen molar-refractivity contribution in [2.24, 2.45) is 7.05 Å².